The van der Waals surface area contributed by atoms with E-state index in [0.717, 1.165) is 30.0 Å². The first-order valence-corrected chi connectivity index (χ1v) is 11.5. The molecule has 1 amide bonds. The lowest BCUT2D eigenvalue weighted by Crippen LogP contribution is -2.14. The first-order valence-electron chi connectivity index (χ1n) is 8.48. The van der Waals surface area contributed by atoms with Crippen LogP contribution in [0.2, 0.25) is 5.02 Å². The minimum absolute atomic E-state index is 0.0524. The van der Waals surface area contributed by atoms with Crippen LogP contribution in [0.15, 0.2) is 86.9 Å². The fourth-order valence-electron chi connectivity index (χ4n) is 2.53. The number of para-hydroxylation sites is 1. The summed E-state index contributed by atoms with van der Waals surface area (Å²) in [7, 11) is 0. The summed E-state index contributed by atoms with van der Waals surface area (Å²) in [5.74, 6) is 0.251. The van der Waals surface area contributed by atoms with Crippen molar-refractivity contribution in [1.29, 1.82) is 0 Å². The monoisotopic (exact) mass is 442 g/mol. The van der Waals surface area contributed by atoms with Crippen LogP contribution >= 0.6 is 46.5 Å². The van der Waals surface area contributed by atoms with Gasteiger partial charge in [0, 0.05) is 14.8 Å². The number of benzene rings is 3. The number of rotatable bonds is 6. The maximum atomic E-state index is 12.5. The van der Waals surface area contributed by atoms with Crippen molar-refractivity contribution in [2.75, 3.05) is 11.1 Å². The molecule has 3 nitrogen and oxygen atoms in total. The Morgan fingerprint density at radius 2 is 1.82 bits per heavy atom. The summed E-state index contributed by atoms with van der Waals surface area (Å²) in [5, 5.41) is 3.69. The Kier molecular flexibility index (Phi) is 6.22. The summed E-state index contributed by atoms with van der Waals surface area (Å²) in [6, 6.07) is 23.6. The molecule has 0 fully saturated rings. The Balaban J connectivity index is 1.41. The van der Waals surface area contributed by atoms with E-state index in [1.54, 1.807) is 23.1 Å². The number of fused-ring (bicyclic) bond motifs is 1. The molecule has 0 radical (unpaired) electrons. The first kappa shape index (κ1) is 19.3. The van der Waals surface area contributed by atoms with Crippen molar-refractivity contribution in [1.82, 2.24) is 4.98 Å². The number of anilines is 1. The molecule has 4 aromatic rings. The Morgan fingerprint density at radius 3 is 2.68 bits per heavy atom. The van der Waals surface area contributed by atoms with Gasteiger partial charge in [-0.1, -0.05) is 65.5 Å². The lowest BCUT2D eigenvalue weighted by atomic mass is 10.3. The van der Waals surface area contributed by atoms with Gasteiger partial charge in [0.25, 0.3) is 0 Å². The number of amides is 1. The number of hydrogen-bond acceptors (Lipinski definition) is 5. The fraction of sp³-hybridized carbons (Fsp3) is 0.0476. The van der Waals surface area contributed by atoms with Crippen molar-refractivity contribution in [2.45, 2.75) is 14.1 Å². The predicted molar refractivity (Wildman–Crippen MR) is 121 cm³/mol. The second-order valence-corrected chi connectivity index (χ2v) is 9.64. The average molecular weight is 443 g/mol. The molecule has 140 valence electrons. The van der Waals surface area contributed by atoms with Crippen LogP contribution in [0.25, 0.3) is 10.2 Å². The third kappa shape index (κ3) is 4.89. The number of nitrogens with one attached hydrogen (secondary N) is 1. The number of halogens is 1. The molecule has 0 aliphatic rings. The first-order chi connectivity index (χ1) is 13.7. The molecule has 0 atom stereocenters. The van der Waals surface area contributed by atoms with Gasteiger partial charge >= 0.3 is 0 Å². The molecule has 0 saturated carbocycles. The standard InChI is InChI=1S/C21H15ClN2OS3/c22-14-10-11-19-17(12-14)24-21(28-19)26-13-20(25)23-16-8-4-5-9-18(16)27-15-6-2-1-3-7-15/h1-12H,13H2,(H,23,25). The highest BCUT2D eigenvalue weighted by Crippen LogP contribution is 2.34. The van der Waals surface area contributed by atoms with Crippen molar-refractivity contribution in [3.63, 3.8) is 0 Å². The van der Waals surface area contributed by atoms with Crippen LogP contribution in [0.4, 0.5) is 5.69 Å². The maximum Gasteiger partial charge on any atom is 0.234 e. The molecule has 0 bridgehead atoms. The van der Waals surface area contributed by atoms with Gasteiger partial charge in [-0.05, 0) is 42.5 Å². The number of hydrogen-bond donors (Lipinski definition) is 1. The highest BCUT2D eigenvalue weighted by Gasteiger charge is 2.11. The lowest BCUT2D eigenvalue weighted by Gasteiger charge is -2.10. The molecule has 0 spiro atoms. The van der Waals surface area contributed by atoms with Gasteiger partial charge < -0.3 is 5.32 Å². The van der Waals surface area contributed by atoms with Crippen LogP contribution in [0.1, 0.15) is 0 Å². The van der Waals surface area contributed by atoms with Crippen LogP contribution in [-0.4, -0.2) is 16.6 Å². The zero-order valence-electron chi connectivity index (χ0n) is 14.6. The summed E-state index contributed by atoms with van der Waals surface area (Å²) in [6.07, 6.45) is 0. The van der Waals surface area contributed by atoms with Crippen molar-refractivity contribution in [3.05, 3.63) is 77.8 Å². The van der Waals surface area contributed by atoms with Crippen LogP contribution in [-0.2, 0) is 4.79 Å². The summed E-state index contributed by atoms with van der Waals surface area (Å²) < 4.78 is 1.93. The quantitative estimate of drug-likeness (QED) is 0.332. The lowest BCUT2D eigenvalue weighted by molar-refractivity contribution is -0.113. The van der Waals surface area contributed by atoms with Gasteiger partial charge in [-0.2, -0.15) is 0 Å². The molecule has 3 aromatic carbocycles. The number of carbonyl (C=O) groups excluding carboxylic acids is 1. The van der Waals surface area contributed by atoms with Gasteiger partial charge in [-0.3, -0.25) is 4.79 Å². The zero-order chi connectivity index (χ0) is 19.3. The molecule has 7 heteroatoms. The molecule has 0 saturated heterocycles. The van der Waals surface area contributed by atoms with E-state index in [4.69, 9.17) is 11.6 Å². The third-order valence-electron chi connectivity index (χ3n) is 3.79. The van der Waals surface area contributed by atoms with Crippen LogP contribution < -0.4 is 5.32 Å². The Hall–Kier alpha value is -1.99. The van der Waals surface area contributed by atoms with Crippen molar-refractivity contribution in [2.24, 2.45) is 0 Å². The Bertz CT molecular complexity index is 1120. The van der Waals surface area contributed by atoms with E-state index in [0.29, 0.717) is 10.8 Å². The summed E-state index contributed by atoms with van der Waals surface area (Å²) in [4.78, 5) is 19.2. The summed E-state index contributed by atoms with van der Waals surface area (Å²) in [6.45, 7) is 0. The second kappa shape index (κ2) is 9.01. The topological polar surface area (TPSA) is 42.0 Å². The highest BCUT2D eigenvalue weighted by molar-refractivity contribution is 8.01. The summed E-state index contributed by atoms with van der Waals surface area (Å²) in [5.41, 5.74) is 1.68. The van der Waals surface area contributed by atoms with Gasteiger partial charge in [-0.25, -0.2) is 4.98 Å². The van der Waals surface area contributed by atoms with Crippen molar-refractivity contribution >= 4 is 68.3 Å². The number of aromatic nitrogens is 1. The van der Waals surface area contributed by atoms with Crippen molar-refractivity contribution in [3.8, 4) is 0 Å². The van der Waals surface area contributed by atoms with Gasteiger partial charge in [0.15, 0.2) is 4.34 Å². The average Bonchev–Trinajstić information content (AvgIpc) is 3.11. The smallest absolute Gasteiger partial charge is 0.234 e. The van der Waals surface area contributed by atoms with Crippen molar-refractivity contribution < 1.29 is 4.79 Å². The summed E-state index contributed by atoms with van der Waals surface area (Å²) >= 11 is 10.6. The number of thiazole rings is 1. The second-order valence-electron chi connectivity index (χ2n) is 5.84. The normalized spacial score (nSPS) is 10.9. The molecule has 4 rings (SSSR count). The Morgan fingerprint density at radius 1 is 1.04 bits per heavy atom. The highest BCUT2D eigenvalue weighted by atomic mass is 35.5. The molecule has 0 aliphatic carbocycles. The third-order valence-corrected chi connectivity index (χ3v) is 7.29. The molecule has 0 unspecified atom stereocenters. The predicted octanol–water partition coefficient (Wildman–Crippen LogP) is 6.83. The number of thioether (sulfide) groups is 1. The van der Waals surface area contributed by atoms with Crippen LogP contribution in [0, 0.1) is 0 Å². The molecule has 1 aromatic heterocycles. The van der Waals surface area contributed by atoms with Crippen LogP contribution in [0.3, 0.4) is 0 Å². The minimum Gasteiger partial charge on any atom is -0.324 e. The Labute approximate surface area is 180 Å². The van der Waals surface area contributed by atoms with E-state index >= 15 is 0 Å². The maximum absolute atomic E-state index is 12.5. The van der Waals surface area contributed by atoms with Crippen LogP contribution in [0.5, 0.6) is 0 Å². The number of carbonyl (C=O) groups is 1. The van der Waals surface area contributed by atoms with Gasteiger partial charge in [0.2, 0.25) is 5.91 Å². The molecule has 28 heavy (non-hydrogen) atoms. The van der Waals surface area contributed by atoms with E-state index in [9.17, 15) is 4.79 Å². The SMILES string of the molecule is O=C(CSc1nc2cc(Cl)ccc2s1)Nc1ccccc1Sc1ccccc1. The number of nitrogens with zero attached hydrogens (tertiary/aromatic N) is 1. The molecule has 1 N–H and O–H groups in total. The van der Waals surface area contributed by atoms with E-state index in [-0.39, 0.29) is 5.91 Å². The largest absolute Gasteiger partial charge is 0.324 e. The molecular formula is C21H15ClN2OS3. The van der Waals surface area contributed by atoms with Gasteiger partial charge in [0.1, 0.15) is 0 Å². The van der Waals surface area contributed by atoms with Gasteiger partial charge in [0.05, 0.1) is 21.7 Å². The molecule has 1 heterocycles. The minimum atomic E-state index is -0.0524. The zero-order valence-corrected chi connectivity index (χ0v) is 17.8. The van der Waals surface area contributed by atoms with Gasteiger partial charge in [-0.15, -0.1) is 11.3 Å². The molecule has 0 aliphatic heterocycles. The molecular weight excluding hydrogens is 428 g/mol. The van der Waals surface area contributed by atoms with E-state index in [1.807, 2.05) is 60.7 Å². The van der Waals surface area contributed by atoms with E-state index in [1.165, 1.54) is 11.8 Å². The van der Waals surface area contributed by atoms with E-state index in [2.05, 4.69) is 22.4 Å². The van der Waals surface area contributed by atoms with E-state index < -0.39 is 0 Å². The fourth-order valence-corrected chi connectivity index (χ4v) is 5.47.